The largest absolute Gasteiger partial charge is 0.354 e. The van der Waals surface area contributed by atoms with Gasteiger partial charge in [0.2, 0.25) is 11.8 Å². The molecule has 1 heterocycles. The van der Waals surface area contributed by atoms with Crippen molar-refractivity contribution in [1.29, 1.82) is 0 Å². The first-order valence-electron chi connectivity index (χ1n) is 7.49. The van der Waals surface area contributed by atoms with Crippen molar-refractivity contribution in [3.63, 3.8) is 0 Å². The summed E-state index contributed by atoms with van der Waals surface area (Å²) in [5.74, 6) is -0.460. The molecular weight excluding hydrogens is 308 g/mol. The lowest BCUT2D eigenvalue weighted by Gasteiger charge is -2.12. The Morgan fingerprint density at radius 2 is 1.96 bits per heavy atom. The number of thiophene rings is 1. The standard InChI is InChI=1S/C18H20N2O2S/c1-14(18(22)19-12-11-16-8-5-13-23-16)20-17(21)10-9-15-6-3-2-4-7-15/h2-10,13-14H,11-12H2,1H3,(H,19,22)(H,20,21)/b10-9+. The van der Waals surface area contributed by atoms with Gasteiger partial charge in [0.25, 0.3) is 0 Å². The third-order valence-corrected chi connectivity index (χ3v) is 4.17. The van der Waals surface area contributed by atoms with Crippen molar-refractivity contribution < 1.29 is 9.59 Å². The highest BCUT2D eigenvalue weighted by Crippen LogP contribution is 2.08. The summed E-state index contributed by atoms with van der Waals surface area (Å²) >= 11 is 1.67. The van der Waals surface area contributed by atoms with Gasteiger partial charge in [0, 0.05) is 17.5 Å². The molecule has 2 N–H and O–H groups in total. The van der Waals surface area contributed by atoms with Crippen LogP contribution in [0.3, 0.4) is 0 Å². The maximum atomic E-state index is 11.9. The number of benzene rings is 1. The Bertz CT molecular complexity index is 651. The topological polar surface area (TPSA) is 58.2 Å². The van der Waals surface area contributed by atoms with Crippen LogP contribution >= 0.6 is 11.3 Å². The molecule has 1 aromatic carbocycles. The number of nitrogens with one attached hydrogen (secondary N) is 2. The van der Waals surface area contributed by atoms with Crippen molar-refractivity contribution in [3.05, 3.63) is 64.4 Å². The number of amides is 2. The fourth-order valence-electron chi connectivity index (χ4n) is 1.98. The first-order chi connectivity index (χ1) is 11.1. The summed E-state index contributed by atoms with van der Waals surface area (Å²) in [6, 6.07) is 13.0. The second-order valence-electron chi connectivity index (χ2n) is 5.09. The van der Waals surface area contributed by atoms with E-state index in [1.807, 2.05) is 47.8 Å². The smallest absolute Gasteiger partial charge is 0.244 e. The molecule has 0 saturated heterocycles. The second kappa shape index (κ2) is 8.90. The molecule has 0 spiro atoms. The van der Waals surface area contributed by atoms with Crippen LogP contribution in [0.4, 0.5) is 0 Å². The van der Waals surface area contributed by atoms with Gasteiger partial charge in [-0.1, -0.05) is 36.4 Å². The van der Waals surface area contributed by atoms with E-state index in [1.165, 1.54) is 11.0 Å². The van der Waals surface area contributed by atoms with Gasteiger partial charge in [0.05, 0.1) is 0 Å². The molecule has 0 radical (unpaired) electrons. The lowest BCUT2D eigenvalue weighted by molar-refractivity contribution is -0.126. The van der Waals surface area contributed by atoms with Crippen LogP contribution in [0, 0.1) is 0 Å². The monoisotopic (exact) mass is 328 g/mol. The number of carbonyl (C=O) groups is 2. The Kier molecular flexibility index (Phi) is 6.56. The first-order valence-corrected chi connectivity index (χ1v) is 8.37. The van der Waals surface area contributed by atoms with Crippen LogP contribution < -0.4 is 10.6 Å². The van der Waals surface area contributed by atoms with Crippen LogP contribution in [-0.2, 0) is 16.0 Å². The van der Waals surface area contributed by atoms with E-state index in [0.717, 1.165) is 12.0 Å². The molecule has 4 nitrogen and oxygen atoms in total. The van der Waals surface area contributed by atoms with E-state index in [-0.39, 0.29) is 11.8 Å². The van der Waals surface area contributed by atoms with Crippen LogP contribution in [0.15, 0.2) is 53.9 Å². The fourth-order valence-corrected chi connectivity index (χ4v) is 2.69. The molecular formula is C18H20N2O2S. The molecule has 1 atom stereocenters. The van der Waals surface area contributed by atoms with Gasteiger partial charge in [-0.05, 0) is 36.4 Å². The molecule has 0 bridgehead atoms. The van der Waals surface area contributed by atoms with E-state index < -0.39 is 6.04 Å². The van der Waals surface area contributed by atoms with Gasteiger partial charge in [-0.3, -0.25) is 9.59 Å². The summed E-state index contributed by atoms with van der Waals surface area (Å²) in [4.78, 5) is 25.0. The zero-order chi connectivity index (χ0) is 16.5. The number of rotatable bonds is 7. The van der Waals surface area contributed by atoms with Crippen molar-refractivity contribution >= 4 is 29.2 Å². The summed E-state index contributed by atoms with van der Waals surface area (Å²) in [6.45, 7) is 2.24. The number of hydrogen-bond acceptors (Lipinski definition) is 3. The number of hydrogen-bond donors (Lipinski definition) is 2. The molecule has 2 aromatic rings. The van der Waals surface area contributed by atoms with E-state index in [4.69, 9.17) is 0 Å². The Hall–Kier alpha value is -2.40. The van der Waals surface area contributed by atoms with Crippen molar-refractivity contribution in [2.45, 2.75) is 19.4 Å². The summed E-state index contributed by atoms with van der Waals surface area (Å²) in [7, 11) is 0. The molecule has 0 aliphatic carbocycles. The molecule has 2 amide bonds. The summed E-state index contributed by atoms with van der Waals surface area (Å²) in [5.41, 5.74) is 0.940. The van der Waals surface area contributed by atoms with Crippen LogP contribution in [-0.4, -0.2) is 24.4 Å². The van der Waals surface area contributed by atoms with E-state index in [1.54, 1.807) is 24.3 Å². The van der Waals surface area contributed by atoms with E-state index >= 15 is 0 Å². The minimum absolute atomic E-state index is 0.178. The predicted molar refractivity (Wildman–Crippen MR) is 94.1 cm³/mol. The van der Waals surface area contributed by atoms with Crippen LogP contribution in [0.1, 0.15) is 17.4 Å². The van der Waals surface area contributed by atoms with Gasteiger partial charge in [0.1, 0.15) is 6.04 Å². The highest BCUT2D eigenvalue weighted by molar-refractivity contribution is 7.09. The van der Waals surface area contributed by atoms with Crippen molar-refractivity contribution in [2.75, 3.05) is 6.54 Å². The second-order valence-corrected chi connectivity index (χ2v) is 6.13. The van der Waals surface area contributed by atoms with E-state index in [2.05, 4.69) is 10.6 Å². The van der Waals surface area contributed by atoms with Crippen molar-refractivity contribution in [2.24, 2.45) is 0 Å². The minimum atomic E-state index is -0.564. The molecule has 0 fully saturated rings. The molecule has 0 aliphatic heterocycles. The van der Waals surface area contributed by atoms with E-state index in [0.29, 0.717) is 6.54 Å². The minimum Gasteiger partial charge on any atom is -0.354 e. The van der Waals surface area contributed by atoms with Gasteiger partial charge in [-0.15, -0.1) is 11.3 Å². The molecule has 2 rings (SSSR count). The first kappa shape index (κ1) is 17.0. The lowest BCUT2D eigenvalue weighted by Crippen LogP contribution is -2.44. The molecule has 5 heteroatoms. The molecule has 23 heavy (non-hydrogen) atoms. The lowest BCUT2D eigenvalue weighted by atomic mass is 10.2. The van der Waals surface area contributed by atoms with Gasteiger partial charge in [-0.25, -0.2) is 0 Å². The Labute approximate surface area is 140 Å². The molecule has 0 aliphatic rings. The molecule has 1 unspecified atom stereocenters. The Morgan fingerprint density at radius 1 is 1.17 bits per heavy atom. The third kappa shape index (κ3) is 6.08. The predicted octanol–water partition coefficient (Wildman–Crippen LogP) is 2.62. The van der Waals surface area contributed by atoms with E-state index in [9.17, 15) is 9.59 Å². The van der Waals surface area contributed by atoms with Crippen LogP contribution in [0.5, 0.6) is 0 Å². The quantitative estimate of drug-likeness (QED) is 0.768. The summed E-state index contributed by atoms with van der Waals surface area (Å²) in [6.07, 6.45) is 3.96. The third-order valence-electron chi connectivity index (χ3n) is 3.23. The van der Waals surface area contributed by atoms with Crippen molar-refractivity contribution in [3.8, 4) is 0 Å². The van der Waals surface area contributed by atoms with Gasteiger partial charge in [-0.2, -0.15) is 0 Å². The highest BCUT2D eigenvalue weighted by atomic mass is 32.1. The Morgan fingerprint density at radius 3 is 2.65 bits per heavy atom. The Balaban J connectivity index is 1.72. The zero-order valence-corrected chi connectivity index (χ0v) is 13.8. The average molecular weight is 328 g/mol. The van der Waals surface area contributed by atoms with Crippen molar-refractivity contribution in [1.82, 2.24) is 10.6 Å². The average Bonchev–Trinajstić information content (AvgIpc) is 3.07. The molecule has 120 valence electrons. The maximum absolute atomic E-state index is 11.9. The van der Waals surface area contributed by atoms with Gasteiger partial charge in [0.15, 0.2) is 0 Å². The SMILES string of the molecule is CC(NC(=O)/C=C/c1ccccc1)C(=O)NCCc1cccs1. The van der Waals surface area contributed by atoms with Crippen LogP contribution in [0.2, 0.25) is 0 Å². The zero-order valence-electron chi connectivity index (χ0n) is 13.0. The summed E-state index contributed by atoms with van der Waals surface area (Å²) < 4.78 is 0. The highest BCUT2D eigenvalue weighted by Gasteiger charge is 2.13. The summed E-state index contributed by atoms with van der Waals surface area (Å²) in [5, 5.41) is 7.50. The van der Waals surface area contributed by atoms with Gasteiger partial charge >= 0.3 is 0 Å². The normalized spacial score (nSPS) is 12.0. The maximum Gasteiger partial charge on any atom is 0.244 e. The molecule has 0 saturated carbocycles. The molecule has 1 aromatic heterocycles. The van der Waals surface area contributed by atoms with Gasteiger partial charge < -0.3 is 10.6 Å². The fraction of sp³-hybridized carbons (Fsp3) is 0.222. The number of carbonyl (C=O) groups excluding carboxylic acids is 2. The van der Waals surface area contributed by atoms with Crippen LogP contribution in [0.25, 0.3) is 6.08 Å².